The molecule has 1 saturated heterocycles. The third-order valence-electron chi connectivity index (χ3n) is 3.14. The predicted molar refractivity (Wildman–Crippen MR) is 91.7 cm³/mol. The minimum atomic E-state index is -0.320. The van der Waals surface area contributed by atoms with Crippen molar-refractivity contribution in [2.24, 2.45) is 0 Å². The molecule has 0 atom stereocenters. The van der Waals surface area contributed by atoms with Gasteiger partial charge in [-0.15, -0.1) is 0 Å². The average Bonchev–Trinajstić information content (AvgIpc) is 2.77. The van der Waals surface area contributed by atoms with Crippen LogP contribution in [-0.4, -0.2) is 11.0 Å². The Morgan fingerprint density at radius 1 is 1.09 bits per heavy atom. The molecule has 1 aliphatic rings. The number of thiocarbonyl (C=S) groups is 1. The van der Waals surface area contributed by atoms with Crippen LogP contribution in [0, 0.1) is 5.82 Å². The smallest absolute Gasteiger partial charge is 0.281 e. The lowest BCUT2D eigenvalue weighted by atomic mass is 10.2. The Balaban J connectivity index is 1.91. The number of benzene rings is 2. The summed E-state index contributed by atoms with van der Waals surface area (Å²) in [6.45, 7) is 0. The van der Waals surface area contributed by atoms with Gasteiger partial charge in [-0.25, -0.2) is 4.39 Å². The van der Waals surface area contributed by atoms with Crippen LogP contribution in [0.4, 0.5) is 10.1 Å². The second-order valence-electron chi connectivity index (χ2n) is 4.66. The molecule has 110 valence electrons. The summed E-state index contributed by atoms with van der Waals surface area (Å²) in [6, 6.07) is 13.2. The zero-order valence-electron chi connectivity index (χ0n) is 11.2. The molecule has 0 saturated carbocycles. The van der Waals surface area contributed by atoms with Crippen molar-refractivity contribution in [3.63, 3.8) is 0 Å². The minimum Gasteiger partial charge on any atom is -0.327 e. The summed E-state index contributed by atoms with van der Waals surface area (Å²) in [5.74, 6) is -0.559. The van der Waals surface area contributed by atoms with Gasteiger partial charge in [0.05, 0.1) is 5.69 Å². The summed E-state index contributed by atoms with van der Waals surface area (Å²) in [5, 5.41) is 3.21. The molecular formula is C16H10BrFN2OS. The highest BCUT2D eigenvalue weighted by Gasteiger charge is 2.31. The summed E-state index contributed by atoms with van der Waals surface area (Å²) >= 11 is 8.58. The predicted octanol–water partition coefficient (Wildman–Crippen LogP) is 3.85. The van der Waals surface area contributed by atoms with Crippen molar-refractivity contribution in [1.29, 1.82) is 0 Å². The van der Waals surface area contributed by atoms with E-state index in [9.17, 15) is 9.18 Å². The highest BCUT2D eigenvalue weighted by Crippen LogP contribution is 2.24. The largest absolute Gasteiger partial charge is 0.327 e. The maximum Gasteiger partial charge on any atom is 0.281 e. The van der Waals surface area contributed by atoms with Crippen LogP contribution in [0.15, 0.2) is 58.7 Å². The molecule has 0 aliphatic carbocycles. The first kappa shape index (κ1) is 14.9. The third kappa shape index (κ3) is 2.93. The lowest BCUT2D eigenvalue weighted by Gasteiger charge is -2.13. The molecule has 2 aromatic rings. The highest BCUT2D eigenvalue weighted by molar-refractivity contribution is 9.10. The molecule has 1 heterocycles. The number of nitrogens with one attached hydrogen (secondary N) is 1. The fraction of sp³-hybridized carbons (Fsp3) is 0. The summed E-state index contributed by atoms with van der Waals surface area (Å²) in [6.07, 6.45) is 1.65. The van der Waals surface area contributed by atoms with Crippen LogP contribution in [0.25, 0.3) is 6.08 Å². The van der Waals surface area contributed by atoms with Crippen molar-refractivity contribution < 1.29 is 9.18 Å². The second kappa shape index (κ2) is 5.98. The van der Waals surface area contributed by atoms with Crippen LogP contribution < -0.4 is 10.2 Å². The van der Waals surface area contributed by atoms with E-state index in [4.69, 9.17) is 12.2 Å². The first-order valence-electron chi connectivity index (χ1n) is 6.43. The van der Waals surface area contributed by atoms with E-state index in [2.05, 4.69) is 21.2 Å². The maximum atomic E-state index is 12.9. The van der Waals surface area contributed by atoms with Gasteiger partial charge in [-0.1, -0.05) is 28.1 Å². The van der Waals surface area contributed by atoms with Crippen molar-refractivity contribution in [2.75, 3.05) is 4.90 Å². The van der Waals surface area contributed by atoms with Crippen LogP contribution in [-0.2, 0) is 4.79 Å². The van der Waals surface area contributed by atoms with Crippen LogP contribution in [0.1, 0.15) is 5.56 Å². The van der Waals surface area contributed by atoms with E-state index >= 15 is 0 Å². The van der Waals surface area contributed by atoms with Gasteiger partial charge in [0.1, 0.15) is 11.5 Å². The van der Waals surface area contributed by atoms with Gasteiger partial charge in [-0.3, -0.25) is 9.69 Å². The van der Waals surface area contributed by atoms with Gasteiger partial charge >= 0.3 is 0 Å². The third-order valence-corrected chi connectivity index (χ3v) is 3.96. The lowest BCUT2D eigenvalue weighted by Crippen LogP contribution is -2.30. The molecule has 0 radical (unpaired) electrons. The molecular weight excluding hydrogens is 367 g/mol. The summed E-state index contributed by atoms with van der Waals surface area (Å²) < 4.78 is 13.8. The van der Waals surface area contributed by atoms with Gasteiger partial charge in [-0.05, 0) is 60.3 Å². The fourth-order valence-electron chi connectivity index (χ4n) is 2.09. The Bertz CT molecular complexity index is 772. The molecule has 1 N–H and O–H groups in total. The van der Waals surface area contributed by atoms with E-state index in [1.807, 2.05) is 12.1 Å². The molecule has 2 aromatic carbocycles. The number of rotatable bonds is 2. The Morgan fingerprint density at radius 3 is 2.36 bits per heavy atom. The molecule has 1 amide bonds. The zero-order chi connectivity index (χ0) is 15.7. The molecule has 6 heteroatoms. The molecule has 0 aromatic heterocycles. The summed E-state index contributed by atoms with van der Waals surface area (Å²) in [7, 11) is 0. The van der Waals surface area contributed by atoms with E-state index in [-0.39, 0.29) is 11.7 Å². The summed E-state index contributed by atoms with van der Waals surface area (Å²) in [5.41, 5.74) is 1.77. The van der Waals surface area contributed by atoms with Gasteiger partial charge in [-0.2, -0.15) is 0 Å². The Kier molecular flexibility index (Phi) is 4.04. The summed E-state index contributed by atoms with van der Waals surface area (Å²) in [4.78, 5) is 13.9. The number of hydrogen-bond donors (Lipinski definition) is 1. The SMILES string of the molecule is O=C1/C(=C\c2ccc(F)cc2)NC(=S)N1c1ccc(Br)cc1. The van der Waals surface area contributed by atoms with E-state index in [1.165, 1.54) is 17.0 Å². The topological polar surface area (TPSA) is 32.3 Å². The van der Waals surface area contributed by atoms with Gasteiger partial charge in [0, 0.05) is 4.47 Å². The monoisotopic (exact) mass is 376 g/mol. The van der Waals surface area contributed by atoms with Crippen LogP contribution >= 0.6 is 28.1 Å². The second-order valence-corrected chi connectivity index (χ2v) is 5.96. The molecule has 0 bridgehead atoms. The Hall–Kier alpha value is -2.05. The van der Waals surface area contributed by atoms with E-state index in [0.29, 0.717) is 16.5 Å². The lowest BCUT2D eigenvalue weighted by molar-refractivity contribution is -0.113. The minimum absolute atomic E-state index is 0.239. The van der Waals surface area contributed by atoms with Crippen molar-refractivity contribution in [1.82, 2.24) is 5.32 Å². The molecule has 1 aliphatic heterocycles. The van der Waals surface area contributed by atoms with E-state index in [1.54, 1.807) is 30.3 Å². The Labute approximate surface area is 140 Å². The first-order valence-corrected chi connectivity index (χ1v) is 7.63. The molecule has 3 rings (SSSR count). The standard InChI is InChI=1S/C16H10BrFN2OS/c17-11-3-7-13(8-4-11)20-15(21)14(19-16(20)22)9-10-1-5-12(18)6-2-10/h1-9H,(H,19,22)/b14-9+. The first-order chi connectivity index (χ1) is 10.5. The average molecular weight is 377 g/mol. The number of carbonyl (C=O) groups excluding carboxylic acids is 1. The molecule has 0 unspecified atom stereocenters. The van der Waals surface area contributed by atoms with Gasteiger partial charge in [0.25, 0.3) is 5.91 Å². The molecule has 0 spiro atoms. The number of nitrogens with zero attached hydrogens (tertiary/aromatic N) is 1. The quantitative estimate of drug-likeness (QED) is 0.638. The maximum absolute atomic E-state index is 12.9. The van der Waals surface area contributed by atoms with Crippen molar-refractivity contribution in [3.8, 4) is 0 Å². The van der Waals surface area contributed by atoms with E-state index in [0.717, 1.165) is 10.0 Å². The molecule has 22 heavy (non-hydrogen) atoms. The van der Waals surface area contributed by atoms with Gasteiger partial charge in [0.2, 0.25) is 0 Å². The van der Waals surface area contributed by atoms with Crippen molar-refractivity contribution in [3.05, 3.63) is 70.1 Å². The molecule has 1 fully saturated rings. The fourth-order valence-corrected chi connectivity index (χ4v) is 2.65. The number of hydrogen-bond acceptors (Lipinski definition) is 2. The number of carbonyl (C=O) groups is 1. The van der Waals surface area contributed by atoms with Crippen LogP contribution in [0.5, 0.6) is 0 Å². The van der Waals surface area contributed by atoms with Crippen LogP contribution in [0.2, 0.25) is 0 Å². The number of anilines is 1. The van der Waals surface area contributed by atoms with Crippen LogP contribution in [0.3, 0.4) is 0 Å². The van der Waals surface area contributed by atoms with Gasteiger partial charge in [0.15, 0.2) is 5.11 Å². The number of amides is 1. The Morgan fingerprint density at radius 2 is 1.73 bits per heavy atom. The zero-order valence-corrected chi connectivity index (χ0v) is 13.6. The normalized spacial score (nSPS) is 16.3. The van der Waals surface area contributed by atoms with E-state index < -0.39 is 0 Å². The van der Waals surface area contributed by atoms with Gasteiger partial charge < -0.3 is 5.32 Å². The molecule has 3 nitrogen and oxygen atoms in total. The van der Waals surface area contributed by atoms with Crippen molar-refractivity contribution in [2.45, 2.75) is 0 Å². The highest BCUT2D eigenvalue weighted by atomic mass is 79.9. The number of halogens is 2. The van der Waals surface area contributed by atoms with Crippen molar-refractivity contribution >= 4 is 50.9 Å².